The molecule has 0 atom stereocenters. The number of thioether (sulfide) groups is 1. The Hall–Kier alpha value is -2.74. The molecular weight excluding hydrogens is 419 g/mol. The van der Waals surface area contributed by atoms with Crippen molar-refractivity contribution in [1.29, 1.82) is 0 Å². The van der Waals surface area contributed by atoms with Gasteiger partial charge in [0.2, 0.25) is 5.75 Å². The number of ether oxygens (including phenoxy) is 3. The van der Waals surface area contributed by atoms with Gasteiger partial charge in [0.25, 0.3) is 5.91 Å². The summed E-state index contributed by atoms with van der Waals surface area (Å²) in [6.07, 6.45) is 0. The number of hydrogen-bond acceptors (Lipinski definition) is 6. The van der Waals surface area contributed by atoms with Gasteiger partial charge in [0.15, 0.2) is 16.7 Å². The van der Waals surface area contributed by atoms with E-state index >= 15 is 0 Å². The number of aliphatic imine (C=N–C) groups is 1. The fraction of sp³-hybridized carbons (Fsp3) is 0.391. The number of nitrogens with zero attached hydrogens (tertiary/aromatic N) is 2. The Morgan fingerprint density at radius 3 is 2.23 bits per heavy atom. The van der Waals surface area contributed by atoms with Gasteiger partial charge in [-0.3, -0.25) is 14.7 Å². The first-order valence-corrected chi connectivity index (χ1v) is 11.4. The Morgan fingerprint density at radius 1 is 1.03 bits per heavy atom. The molecule has 2 aromatic carbocycles. The van der Waals surface area contributed by atoms with Gasteiger partial charge >= 0.3 is 0 Å². The number of rotatable bonds is 9. The van der Waals surface area contributed by atoms with Crippen molar-refractivity contribution in [2.45, 2.75) is 26.5 Å². The Labute approximate surface area is 186 Å². The number of carbonyl (C=O) groups excluding carboxylic acids is 1. The van der Waals surface area contributed by atoms with Crippen LogP contribution in [0.1, 0.15) is 36.7 Å². The molecule has 1 aliphatic heterocycles. The van der Waals surface area contributed by atoms with Crippen LogP contribution in [-0.2, 0) is 5.75 Å². The second-order valence-corrected chi connectivity index (χ2v) is 7.58. The van der Waals surface area contributed by atoms with Crippen LogP contribution in [0.25, 0.3) is 0 Å². The molecule has 0 aromatic heterocycles. The van der Waals surface area contributed by atoms with E-state index in [1.807, 2.05) is 20.8 Å². The Morgan fingerprint density at radius 2 is 1.65 bits per heavy atom. The summed E-state index contributed by atoms with van der Waals surface area (Å²) in [4.78, 5) is 19.5. The van der Waals surface area contributed by atoms with E-state index in [1.165, 1.54) is 23.9 Å². The van der Waals surface area contributed by atoms with Gasteiger partial charge in [-0.1, -0.05) is 23.9 Å². The molecular formula is C23H27FN2O4S. The summed E-state index contributed by atoms with van der Waals surface area (Å²) in [7, 11) is 0. The van der Waals surface area contributed by atoms with Gasteiger partial charge in [0.1, 0.15) is 5.82 Å². The topological polar surface area (TPSA) is 60.4 Å². The zero-order valence-electron chi connectivity index (χ0n) is 18.0. The highest BCUT2D eigenvalue weighted by Gasteiger charge is 2.27. The number of carbonyl (C=O) groups is 1. The van der Waals surface area contributed by atoms with E-state index in [2.05, 4.69) is 4.99 Å². The lowest BCUT2D eigenvalue weighted by molar-refractivity contribution is 0.0859. The van der Waals surface area contributed by atoms with Crippen molar-refractivity contribution >= 4 is 22.8 Å². The van der Waals surface area contributed by atoms with Crippen molar-refractivity contribution in [2.24, 2.45) is 4.99 Å². The van der Waals surface area contributed by atoms with Crippen LogP contribution < -0.4 is 14.2 Å². The lowest BCUT2D eigenvalue weighted by Gasteiger charge is -2.21. The van der Waals surface area contributed by atoms with Crippen molar-refractivity contribution in [1.82, 2.24) is 4.90 Å². The molecule has 31 heavy (non-hydrogen) atoms. The first-order valence-electron chi connectivity index (χ1n) is 10.4. The summed E-state index contributed by atoms with van der Waals surface area (Å²) in [5.74, 6) is 1.62. The molecule has 0 fully saturated rings. The van der Waals surface area contributed by atoms with Gasteiger partial charge in [-0.2, -0.15) is 0 Å². The second kappa shape index (κ2) is 11.0. The summed E-state index contributed by atoms with van der Waals surface area (Å²) in [6, 6.07) is 9.72. The third-order valence-electron chi connectivity index (χ3n) is 4.48. The van der Waals surface area contributed by atoms with Crippen LogP contribution in [-0.4, -0.2) is 48.9 Å². The van der Waals surface area contributed by atoms with E-state index in [0.29, 0.717) is 66.6 Å². The normalized spacial score (nSPS) is 13.2. The molecule has 2 aromatic rings. The highest BCUT2D eigenvalue weighted by atomic mass is 32.2. The van der Waals surface area contributed by atoms with Crippen molar-refractivity contribution in [2.75, 3.05) is 32.9 Å². The van der Waals surface area contributed by atoms with E-state index in [0.717, 1.165) is 5.56 Å². The zero-order chi connectivity index (χ0) is 22.2. The standard InChI is InChI=1S/C23H27FN2O4S/c1-4-28-19-13-17(14-20(29-5-2)21(19)30-6-3)22(27)26-12-11-25-23(26)31-15-16-7-9-18(24)10-8-16/h7-10,13-14H,4-6,11-12,15H2,1-3H3. The van der Waals surface area contributed by atoms with Crippen molar-refractivity contribution in [3.63, 3.8) is 0 Å². The third kappa shape index (κ3) is 5.70. The highest BCUT2D eigenvalue weighted by molar-refractivity contribution is 8.13. The smallest absolute Gasteiger partial charge is 0.260 e. The molecule has 0 unspecified atom stereocenters. The molecule has 1 amide bonds. The quantitative estimate of drug-likeness (QED) is 0.555. The minimum absolute atomic E-state index is 0.173. The van der Waals surface area contributed by atoms with Crippen molar-refractivity contribution in [3.8, 4) is 17.2 Å². The number of hydrogen-bond donors (Lipinski definition) is 0. The van der Waals surface area contributed by atoms with Gasteiger partial charge in [0, 0.05) is 17.9 Å². The molecule has 3 rings (SSSR count). The number of amidine groups is 1. The highest BCUT2D eigenvalue weighted by Crippen LogP contribution is 2.39. The summed E-state index contributed by atoms with van der Waals surface area (Å²) in [5, 5.41) is 0.652. The predicted octanol–water partition coefficient (Wildman–Crippen LogP) is 4.77. The number of benzene rings is 2. The maximum atomic E-state index is 13.3. The van der Waals surface area contributed by atoms with Crippen LogP contribution in [0.3, 0.4) is 0 Å². The molecule has 1 aliphatic rings. The molecule has 0 saturated heterocycles. The first kappa shape index (κ1) is 22.9. The predicted molar refractivity (Wildman–Crippen MR) is 121 cm³/mol. The third-order valence-corrected chi connectivity index (χ3v) is 5.57. The summed E-state index contributed by atoms with van der Waals surface area (Å²) < 4.78 is 30.3. The SMILES string of the molecule is CCOc1cc(C(=O)N2CCN=C2SCc2ccc(F)cc2)cc(OCC)c1OCC. The molecule has 8 heteroatoms. The Bertz CT molecular complexity index is 907. The van der Waals surface area contributed by atoms with E-state index < -0.39 is 0 Å². The molecule has 0 N–H and O–H groups in total. The van der Waals surface area contributed by atoms with E-state index in [9.17, 15) is 9.18 Å². The summed E-state index contributed by atoms with van der Waals surface area (Å²) in [6.45, 7) is 8.02. The zero-order valence-corrected chi connectivity index (χ0v) is 18.8. The first-order chi connectivity index (χ1) is 15.1. The molecule has 0 bridgehead atoms. The van der Waals surface area contributed by atoms with Gasteiger partial charge in [0.05, 0.1) is 26.4 Å². The Kier molecular flexibility index (Phi) is 8.17. The molecule has 0 spiro atoms. The fourth-order valence-corrected chi connectivity index (χ4v) is 4.14. The molecule has 0 radical (unpaired) electrons. The maximum absolute atomic E-state index is 13.3. The largest absolute Gasteiger partial charge is 0.490 e. The van der Waals surface area contributed by atoms with Crippen molar-refractivity contribution in [3.05, 3.63) is 53.3 Å². The number of halogens is 1. The lowest BCUT2D eigenvalue weighted by atomic mass is 10.1. The van der Waals surface area contributed by atoms with Gasteiger partial charge in [-0.25, -0.2) is 4.39 Å². The Balaban J connectivity index is 1.81. The fourth-order valence-electron chi connectivity index (χ4n) is 3.14. The monoisotopic (exact) mass is 446 g/mol. The van der Waals surface area contributed by atoms with Gasteiger partial charge in [-0.05, 0) is 50.6 Å². The van der Waals surface area contributed by atoms with Crippen LogP contribution >= 0.6 is 11.8 Å². The average molecular weight is 447 g/mol. The lowest BCUT2D eigenvalue weighted by Crippen LogP contribution is -2.33. The van der Waals surface area contributed by atoms with Crippen LogP contribution in [0.15, 0.2) is 41.4 Å². The van der Waals surface area contributed by atoms with Crippen LogP contribution in [0.5, 0.6) is 17.2 Å². The molecule has 1 heterocycles. The van der Waals surface area contributed by atoms with Gasteiger partial charge < -0.3 is 14.2 Å². The average Bonchev–Trinajstić information content (AvgIpc) is 3.24. The minimum atomic E-state index is -0.269. The molecule has 166 valence electrons. The number of amides is 1. The van der Waals surface area contributed by atoms with E-state index in [4.69, 9.17) is 14.2 Å². The van der Waals surface area contributed by atoms with E-state index in [-0.39, 0.29) is 11.7 Å². The van der Waals surface area contributed by atoms with E-state index in [1.54, 1.807) is 29.2 Å². The summed E-state index contributed by atoms with van der Waals surface area (Å²) in [5.41, 5.74) is 1.42. The van der Waals surface area contributed by atoms with Crippen molar-refractivity contribution < 1.29 is 23.4 Å². The maximum Gasteiger partial charge on any atom is 0.260 e. The molecule has 0 aliphatic carbocycles. The molecule has 6 nitrogen and oxygen atoms in total. The van der Waals surface area contributed by atoms with Crippen LogP contribution in [0.2, 0.25) is 0 Å². The van der Waals surface area contributed by atoms with Gasteiger partial charge in [-0.15, -0.1) is 0 Å². The van der Waals surface area contributed by atoms with Crippen LogP contribution in [0, 0.1) is 5.82 Å². The second-order valence-electron chi connectivity index (χ2n) is 6.64. The molecule has 0 saturated carbocycles. The summed E-state index contributed by atoms with van der Waals surface area (Å²) >= 11 is 1.46. The minimum Gasteiger partial charge on any atom is -0.490 e. The van der Waals surface area contributed by atoms with Crippen LogP contribution in [0.4, 0.5) is 4.39 Å².